The Balaban J connectivity index is 2.87. The summed E-state index contributed by atoms with van der Waals surface area (Å²) in [6, 6.07) is -0.188. The predicted molar refractivity (Wildman–Crippen MR) is 81.6 cm³/mol. The molecule has 0 aliphatic rings. The molecule has 1 aromatic heterocycles. The molecule has 0 aromatic carbocycles. The van der Waals surface area contributed by atoms with Crippen LogP contribution in [0.1, 0.15) is 27.2 Å². The van der Waals surface area contributed by atoms with Gasteiger partial charge < -0.3 is 5.32 Å². The summed E-state index contributed by atoms with van der Waals surface area (Å²) < 4.78 is 26.8. The lowest BCUT2D eigenvalue weighted by molar-refractivity contribution is -0.114. The quantitative estimate of drug-likeness (QED) is 0.548. The first kappa shape index (κ1) is 17.5. The number of halogens is 1. The van der Waals surface area contributed by atoms with E-state index < -0.39 is 10.0 Å². The molecular formula is C10H17BrN4O3S2. The Bertz CT molecular complexity index is 559. The van der Waals surface area contributed by atoms with E-state index in [1.807, 2.05) is 13.8 Å². The van der Waals surface area contributed by atoms with Crippen LogP contribution < -0.4 is 10.0 Å². The zero-order valence-electron chi connectivity index (χ0n) is 11.4. The van der Waals surface area contributed by atoms with E-state index >= 15 is 0 Å². The van der Waals surface area contributed by atoms with E-state index in [1.165, 1.54) is 6.92 Å². The Morgan fingerprint density at radius 3 is 2.55 bits per heavy atom. The lowest BCUT2D eigenvalue weighted by Crippen LogP contribution is -2.38. The molecule has 1 unspecified atom stereocenters. The van der Waals surface area contributed by atoms with Crippen LogP contribution in [0.15, 0.2) is 4.34 Å². The number of hydrogen-bond acceptors (Lipinski definition) is 6. The fourth-order valence-corrected chi connectivity index (χ4v) is 4.29. The van der Waals surface area contributed by atoms with Crippen molar-refractivity contribution in [2.24, 2.45) is 5.92 Å². The summed E-state index contributed by atoms with van der Waals surface area (Å²) in [6.07, 6.45) is 0.675. The van der Waals surface area contributed by atoms with Crippen molar-refractivity contribution in [1.29, 1.82) is 0 Å². The van der Waals surface area contributed by atoms with Crippen LogP contribution in [0, 0.1) is 5.92 Å². The molecule has 114 valence electrons. The molecule has 1 aromatic rings. The number of sulfonamides is 1. The second kappa shape index (κ2) is 7.43. The lowest BCUT2D eigenvalue weighted by Gasteiger charge is -2.20. The third-order valence-electron chi connectivity index (χ3n) is 2.45. The van der Waals surface area contributed by atoms with Crippen LogP contribution in [0.4, 0.5) is 5.13 Å². The number of amides is 1. The summed E-state index contributed by atoms with van der Waals surface area (Å²) in [5, 5.41) is 10.5. The van der Waals surface area contributed by atoms with Crippen LogP contribution in [-0.2, 0) is 14.8 Å². The van der Waals surface area contributed by atoms with Crippen molar-refractivity contribution in [2.45, 2.75) is 37.6 Å². The molecule has 0 spiro atoms. The van der Waals surface area contributed by atoms with E-state index in [-0.39, 0.29) is 27.3 Å². The fraction of sp³-hybridized carbons (Fsp3) is 0.700. The Morgan fingerprint density at radius 1 is 1.40 bits per heavy atom. The third kappa shape index (κ3) is 5.08. The maximum absolute atomic E-state index is 12.2. The van der Waals surface area contributed by atoms with Crippen molar-refractivity contribution in [1.82, 2.24) is 14.9 Å². The maximum atomic E-state index is 12.2. The van der Waals surface area contributed by atoms with Crippen molar-refractivity contribution in [2.75, 3.05) is 10.6 Å². The van der Waals surface area contributed by atoms with Gasteiger partial charge in [-0.2, -0.15) is 0 Å². The van der Waals surface area contributed by atoms with Gasteiger partial charge in [-0.25, -0.2) is 13.1 Å². The Kier molecular flexibility index (Phi) is 6.49. The van der Waals surface area contributed by atoms with Gasteiger partial charge in [-0.1, -0.05) is 41.1 Å². The lowest BCUT2D eigenvalue weighted by atomic mass is 10.0. The second-order valence-corrected chi connectivity index (χ2v) is 8.16. The summed E-state index contributed by atoms with van der Waals surface area (Å²) in [5.74, 6) is -0.164. The zero-order valence-corrected chi connectivity index (χ0v) is 14.6. The summed E-state index contributed by atoms with van der Waals surface area (Å²) >= 11 is 4.13. The molecule has 0 saturated heterocycles. The number of alkyl halides is 1. The van der Waals surface area contributed by atoms with Gasteiger partial charge in [-0.05, 0) is 12.3 Å². The van der Waals surface area contributed by atoms with Gasteiger partial charge >= 0.3 is 0 Å². The summed E-state index contributed by atoms with van der Waals surface area (Å²) in [5.41, 5.74) is 0. The third-order valence-corrected chi connectivity index (χ3v) is 5.60. The molecule has 7 nitrogen and oxygen atoms in total. The van der Waals surface area contributed by atoms with Gasteiger partial charge in [0.15, 0.2) is 0 Å². The van der Waals surface area contributed by atoms with E-state index in [0.717, 1.165) is 11.3 Å². The molecule has 0 saturated carbocycles. The number of nitrogens with one attached hydrogen (secondary N) is 2. The van der Waals surface area contributed by atoms with Crippen LogP contribution in [0.5, 0.6) is 0 Å². The molecule has 20 heavy (non-hydrogen) atoms. The van der Waals surface area contributed by atoms with E-state index in [1.54, 1.807) is 0 Å². The molecule has 0 aliphatic carbocycles. The highest BCUT2D eigenvalue weighted by Crippen LogP contribution is 2.21. The number of carbonyl (C=O) groups excluding carboxylic acids is 1. The number of aromatic nitrogens is 2. The van der Waals surface area contributed by atoms with Crippen molar-refractivity contribution in [3.05, 3.63) is 0 Å². The van der Waals surface area contributed by atoms with Gasteiger partial charge in [0.25, 0.3) is 10.0 Å². The highest BCUT2D eigenvalue weighted by atomic mass is 79.9. The molecule has 0 bridgehead atoms. The largest absolute Gasteiger partial charge is 0.301 e. The number of hydrogen-bond donors (Lipinski definition) is 2. The van der Waals surface area contributed by atoms with Crippen molar-refractivity contribution < 1.29 is 13.2 Å². The van der Waals surface area contributed by atoms with Gasteiger partial charge in [0.05, 0.1) is 0 Å². The van der Waals surface area contributed by atoms with Crippen molar-refractivity contribution in [3.8, 4) is 0 Å². The first-order valence-electron chi connectivity index (χ1n) is 5.95. The van der Waals surface area contributed by atoms with Gasteiger partial charge in [-0.15, -0.1) is 10.2 Å². The smallest absolute Gasteiger partial charge is 0.270 e. The number of anilines is 1. The maximum Gasteiger partial charge on any atom is 0.270 e. The number of rotatable bonds is 7. The molecule has 0 fully saturated rings. The van der Waals surface area contributed by atoms with Gasteiger partial charge in [0.1, 0.15) is 0 Å². The Morgan fingerprint density at radius 2 is 2.05 bits per heavy atom. The molecular weight excluding hydrogens is 368 g/mol. The average Bonchev–Trinajstić information content (AvgIpc) is 2.76. The minimum atomic E-state index is -3.72. The van der Waals surface area contributed by atoms with Crippen LogP contribution in [-0.4, -0.2) is 35.9 Å². The summed E-state index contributed by atoms with van der Waals surface area (Å²) in [6.45, 7) is 5.20. The first-order valence-corrected chi connectivity index (χ1v) is 9.37. The van der Waals surface area contributed by atoms with Crippen LogP contribution in [0.25, 0.3) is 0 Å². The van der Waals surface area contributed by atoms with E-state index in [9.17, 15) is 13.2 Å². The highest BCUT2D eigenvalue weighted by molar-refractivity contribution is 9.09. The second-order valence-electron chi connectivity index (χ2n) is 4.50. The number of carbonyl (C=O) groups is 1. The van der Waals surface area contributed by atoms with Gasteiger partial charge in [0, 0.05) is 18.3 Å². The number of nitrogens with zero attached hydrogens (tertiary/aromatic N) is 2. The van der Waals surface area contributed by atoms with Gasteiger partial charge in [-0.3, -0.25) is 4.79 Å². The normalized spacial score (nSPS) is 13.4. The predicted octanol–water partition coefficient (Wildman–Crippen LogP) is 1.58. The van der Waals surface area contributed by atoms with Gasteiger partial charge in [0.2, 0.25) is 15.4 Å². The average molecular weight is 385 g/mol. The molecule has 1 rings (SSSR count). The monoisotopic (exact) mass is 384 g/mol. The topological polar surface area (TPSA) is 101 Å². The molecule has 10 heteroatoms. The molecule has 1 amide bonds. The summed E-state index contributed by atoms with van der Waals surface area (Å²) in [7, 11) is -3.72. The van der Waals surface area contributed by atoms with E-state index in [0.29, 0.717) is 11.8 Å². The molecule has 1 atom stereocenters. The van der Waals surface area contributed by atoms with Crippen LogP contribution in [0.2, 0.25) is 0 Å². The molecule has 0 radical (unpaired) electrons. The highest BCUT2D eigenvalue weighted by Gasteiger charge is 2.25. The Labute approximate surface area is 130 Å². The minimum Gasteiger partial charge on any atom is -0.301 e. The van der Waals surface area contributed by atoms with Crippen molar-refractivity contribution >= 4 is 48.3 Å². The fourth-order valence-electron chi connectivity index (χ4n) is 1.42. The minimum absolute atomic E-state index is 0.151. The molecule has 1 heterocycles. The van der Waals surface area contributed by atoms with Crippen molar-refractivity contribution in [3.63, 3.8) is 0 Å². The first-order chi connectivity index (χ1) is 9.26. The zero-order chi connectivity index (χ0) is 15.3. The van der Waals surface area contributed by atoms with Crippen LogP contribution >= 0.6 is 27.3 Å². The van der Waals surface area contributed by atoms with E-state index in [2.05, 4.69) is 36.2 Å². The standard InChI is InChI=1S/C10H17BrN4O3S2/c1-6(2)8(4-5-11)15-20(17,18)10-14-13-9(19-10)12-7(3)16/h6,8,15H,4-5H2,1-3H3,(H,12,13,16). The summed E-state index contributed by atoms with van der Waals surface area (Å²) in [4.78, 5) is 10.9. The SMILES string of the molecule is CC(=O)Nc1nnc(S(=O)(=O)NC(CCBr)C(C)C)s1. The van der Waals surface area contributed by atoms with Crippen LogP contribution in [0.3, 0.4) is 0 Å². The Hall–Kier alpha value is -0.580. The molecule has 2 N–H and O–H groups in total. The van der Waals surface area contributed by atoms with E-state index in [4.69, 9.17) is 0 Å². The molecule has 0 aliphatic heterocycles.